The van der Waals surface area contributed by atoms with Gasteiger partial charge in [-0.25, -0.2) is 4.98 Å². The summed E-state index contributed by atoms with van der Waals surface area (Å²) in [5, 5.41) is 18.1. The number of aliphatic hydroxyl groups excluding tert-OH is 1. The largest absolute Gasteiger partial charge is 0.389 e. The average molecular weight is 219 g/mol. The molecule has 1 aromatic heterocycles. The molecule has 4 nitrogen and oxygen atoms in total. The van der Waals surface area contributed by atoms with E-state index in [9.17, 15) is 5.11 Å². The number of aliphatic hydroxyl groups is 1. The second-order valence-corrected chi connectivity index (χ2v) is 4.04. The van der Waals surface area contributed by atoms with E-state index in [0.29, 0.717) is 6.54 Å². The second-order valence-electron chi connectivity index (χ2n) is 4.04. The Labute approximate surface area is 96.2 Å². The van der Waals surface area contributed by atoms with Gasteiger partial charge in [0.15, 0.2) is 0 Å². The maximum atomic E-state index is 9.34. The Kier molecular flexibility index (Phi) is 4.27. The van der Waals surface area contributed by atoms with E-state index in [1.54, 1.807) is 13.1 Å². The highest BCUT2D eigenvalue weighted by atomic mass is 16.3. The lowest BCUT2D eigenvalue weighted by molar-refractivity contribution is 0.199. The molecule has 1 rings (SSSR count). The van der Waals surface area contributed by atoms with Crippen LogP contribution in [0.15, 0.2) is 18.3 Å². The van der Waals surface area contributed by atoms with Crippen LogP contribution in [0.25, 0.3) is 0 Å². The van der Waals surface area contributed by atoms with Gasteiger partial charge in [0, 0.05) is 19.8 Å². The summed E-state index contributed by atoms with van der Waals surface area (Å²) in [4.78, 5) is 6.17. The van der Waals surface area contributed by atoms with E-state index in [-0.39, 0.29) is 5.92 Å². The van der Waals surface area contributed by atoms with E-state index >= 15 is 0 Å². The lowest BCUT2D eigenvalue weighted by Crippen LogP contribution is -2.24. The van der Waals surface area contributed by atoms with Crippen LogP contribution in [0.4, 0.5) is 5.82 Å². The maximum absolute atomic E-state index is 9.34. The normalized spacial score (nSPS) is 13.9. The minimum atomic E-state index is -0.495. The molecule has 0 fully saturated rings. The molecule has 0 amide bonds. The van der Waals surface area contributed by atoms with Crippen molar-refractivity contribution in [2.45, 2.75) is 20.0 Å². The van der Waals surface area contributed by atoms with Crippen LogP contribution in [0, 0.1) is 17.2 Å². The average Bonchev–Trinajstić information content (AvgIpc) is 2.28. The number of anilines is 1. The third-order valence-electron chi connectivity index (χ3n) is 2.41. The number of pyridine rings is 1. The first-order valence-electron chi connectivity index (χ1n) is 5.29. The van der Waals surface area contributed by atoms with E-state index in [1.165, 1.54) is 0 Å². The number of rotatable bonds is 4. The van der Waals surface area contributed by atoms with Crippen LogP contribution < -0.4 is 4.90 Å². The molecule has 86 valence electrons. The van der Waals surface area contributed by atoms with Gasteiger partial charge in [-0.15, -0.1) is 0 Å². The Bertz CT molecular complexity index is 367. The summed E-state index contributed by atoms with van der Waals surface area (Å²) in [5.74, 6) is 0.787. The lowest BCUT2D eigenvalue weighted by Gasteiger charge is -2.19. The van der Waals surface area contributed by atoms with E-state index in [0.717, 1.165) is 11.4 Å². The molecule has 2 atom stereocenters. The Morgan fingerprint density at radius 1 is 1.50 bits per heavy atom. The van der Waals surface area contributed by atoms with Crippen molar-refractivity contribution in [3.63, 3.8) is 0 Å². The minimum absolute atomic E-state index is 0.0248. The van der Waals surface area contributed by atoms with Crippen LogP contribution >= 0.6 is 0 Å². The van der Waals surface area contributed by atoms with Crippen molar-refractivity contribution < 1.29 is 5.11 Å². The van der Waals surface area contributed by atoms with Gasteiger partial charge >= 0.3 is 0 Å². The Hall–Kier alpha value is -1.60. The third-order valence-corrected chi connectivity index (χ3v) is 2.41. The number of aromatic nitrogens is 1. The van der Waals surface area contributed by atoms with Gasteiger partial charge in [0.1, 0.15) is 5.82 Å². The zero-order chi connectivity index (χ0) is 12.1. The molecule has 0 aromatic carbocycles. The molecule has 0 bridgehead atoms. The molecule has 1 aromatic rings. The molecule has 1 heterocycles. The van der Waals surface area contributed by atoms with E-state index in [4.69, 9.17) is 5.26 Å². The molecule has 0 radical (unpaired) electrons. The number of hydrogen-bond acceptors (Lipinski definition) is 4. The van der Waals surface area contributed by atoms with Crippen molar-refractivity contribution in [3.05, 3.63) is 23.9 Å². The number of nitriles is 1. The number of nitrogens with zero attached hydrogens (tertiary/aromatic N) is 3. The summed E-state index contributed by atoms with van der Waals surface area (Å²) < 4.78 is 0. The van der Waals surface area contributed by atoms with Crippen molar-refractivity contribution >= 4 is 5.82 Å². The van der Waals surface area contributed by atoms with Crippen molar-refractivity contribution in [1.82, 2.24) is 4.98 Å². The molecule has 0 aliphatic carbocycles. The minimum Gasteiger partial charge on any atom is -0.389 e. The Balaban J connectivity index is 2.71. The van der Waals surface area contributed by atoms with E-state index in [1.807, 2.05) is 31.0 Å². The Morgan fingerprint density at radius 3 is 2.62 bits per heavy atom. The van der Waals surface area contributed by atoms with Gasteiger partial charge in [0.2, 0.25) is 0 Å². The van der Waals surface area contributed by atoms with E-state index in [2.05, 4.69) is 11.1 Å². The predicted octanol–water partition coefficient (Wildman–Crippen LogP) is 1.73. The molecule has 1 N–H and O–H groups in total. The molecule has 0 aliphatic heterocycles. The molecule has 0 aliphatic rings. The van der Waals surface area contributed by atoms with Crippen LogP contribution in [0.1, 0.15) is 25.5 Å². The monoisotopic (exact) mass is 219 g/mol. The highest BCUT2D eigenvalue weighted by Gasteiger charge is 2.08. The zero-order valence-corrected chi connectivity index (χ0v) is 9.88. The van der Waals surface area contributed by atoms with Gasteiger partial charge in [-0.2, -0.15) is 5.26 Å². The fraction of sp³-hybridized carbons (Fsp3) is 0.500. The van der Waals surface area contributed by atoms with Crippen LogP contribution in [0.2, 0.25) is 0 Å². The molecular weight excluding hydrogens is 202 g/mol. The number of hydrogen-bond donors (Lipinski definition) is 1. The standard InChI is InChI=1S/C12H17N3O/c1-9(6-13)8-15(3)12-5-4-11(7-14-12)10(2)16/h4-5,7,9-10,16H,8H2,1-3H3. The maximum Gasteiger partial charge on any atom is 0.128 e. The van der Waals surface area contributed by atoms with Crippen molar-refractivity contribution in [2.75, 3.05) is 18.5 Å². The summed E-state index contributed by atoms with van der Waals surface area (Å²) in [6, 6.07) is 5.89. The van der Waals surface area contributed by atoms with Gasteiger partial charge < -0.3 is 10.0 Å². The summed E-state index contributed by atoms with van der Waals surface area (Å²) in [5.41, 5.74) is 0.797. The van der Waals surface area contributed by atoms with Crippen LogP contribution in [0.5, 0.6) is 0 Å². The summed E-state index contributed by atoms with van der Waals surface area (Å²) in [6.45, 7) is 4.23. The van der Waals surface area contributed by atoms with Gasteiger partial charge in [-0.3, -0.25) is 0 Å². The topological polar surface area (TPSA) is 60.2 Å². The zero-order valence-electron chi connectivity index (χ0n) is 9.88. The molecule has 0 saturated carbocycles. The first kappa shape index (κ1) is 12.5. The summed E-state index contributed by atoms with van der Waals surface area (Å²) >= 11 is 0. The fourth-order valence-electron chi connectivity index (χ4n) is 1.42. The molecule has 0 saturated heterocycles. The predicted molar refractivity (Wildman–Crippen MR) is 62.9 cm³/mol. The smallest absolute Gasteiger partial charge is 0.128 e. The van der Waals surface area contributed by atoms with Gasteiger partial charge in [-0.1, -0.05) is 6.07 Å². The quantitative estimate of drug-likeness (QED) is 0.837. The first-order chi connectivity index (χ1) is 7.54. The second kappa shape index (κ2) is 5.47. The summed E-state index contributed by atoms with van der Waals surface area (Å²) in [7, 11) is 1.90. The fourth-order valence-corrected chi connectivity index (χ4v) is 1.42. The van der Waals surface area contributed by atoms with Gasteiger partial charge in [0.25, 0.3) is 0 Å². The van der Waals surface area contributed by atoms with Crippen molar-refractivity contribution in [1.29, 1.82) is 5.26 Å². The first-order valence-corrected chi connectivity index (χ1v) is 5.29. The summed E-state index contributed by atoms with van der Waals surface area (Å²) in [6.07, 6.45) is 1.16. The molecule has 0 spiro atoms. The van der Waals surface area contributed by atoms with E-state index < -0.39 is 6.10 Å². The van der Waals surface area contributed by atoms with Crippen molar-refractivity contribution in [2.24, 2.45) is 5.92 Å². The SMILES string of the molecule is CC(C#N)CN(C)c1ccc(C(C)O)cn1. The van der Waals surface area contributed by atoms with Crippen molar-refractivity contribution in [3.8, 4) is 6.07 Å². The van der Waals surface area contributed by atoms with Crippen LogP contribution in [0.3, 0.4) is 0 Å². The molecule has 2 unspecified atom stereocenters. The molecular formula is C12H17N3O. The van der Waals surface area contributed by atoms with Crippen LogP contribution in [-0.4, -0.2) is 23.7 Å². The third kappa shape index (κ3) is 3.21. The highest BCUT2D eigenvalue weighted by molar-refractivity contribution is 5.38. The highest BCUT2D eigenvalue weighted by Crippen LogP contribution is 2.15. The molecule has 16 heavy (non-hydrogen) atoms. The van der Waals surface area contributed by atoms with Crippen LogP contribution in [-0.2, 0) is 0 Å². The Morgan fingerprint density at radius 2 is 2.19 bits per heavy atom. The van der Waals surface area contributed by atoms with Gasteiger partial charge in [0.05, 0.1) is 18.1 Å². The lowest BCUT2D eigenvalue weighted by atomic mass is 10.2. The van der Waals surface area contributed by atoms with Gasteiger partial charge in [-0.05, 0) is 25.5 Å². The molecule has 4 heteroatoms.